The molecule has 1 aromatic carbocycles. The Morgan fingerprint density at radius 3 is 2.39 bits per heavy atom. The largest absolute Gasteiger partial charge is 0.494 e. The summed E-state index contributed by atoms with van der Waals surface area (Å²) in [6.45, 7) is 6.05. The van der Waals surface area contributed by atoms with Gasteiger partial charge < -0.3 is 14.2 Å². The van der Waals surface area contributed by atoms with E-state index in [0.717, 1.165) is 24.2 Å². The molecule has 0 saturated heterocycles. The summed E-state index contributed by atoms with van der Waals surface area (Å²) in [7, 11) is 1.34. The fourth-order valence-electron chi connectivity index (χ4n) is 1.59. The van der Waals surface area contributed by atoms with Gasteiger partial charge >= 0.3 is 11.9 Å². The number of unbranched alkanes of at least 4 members (excludes halogenated alkanes) is 1. The molecule has 0 bridgehead atoms. The molecule has 124 valence electrons. The van der Waals surface area contributed by atoms with Gasteiger partial charge in [-0.3, -0.25) is 0 Å². The van der Waals surface area contributed by atoms with Crippen molar-refractivity contribution >= 4 is 18.0 Å². The summed E-state index contributed by atoms with van der Waals surface area (Å²) in [5.41, 5.74) is 1.29. The van der Waals surface area contributed by atoms with Gasteiger partial charge in [0.15, 0.2) is 0 Å². The van der Waals surface area contributed by atoms with Crippen molar-refractivity contribution in [2.75, 3.05) is 20.3 Å². The van der Waals surface area contributed by atoms with Crippen molar-refractivity contribution in [3.05, 3.63) is 48.1 Å². The molecule has 23 heavy (non-hydrogen) atoms. The molecule has 0 radical (unpaired) electrons. The molecule has 0 aliphatic rings. The Labute approximate surface area is 136 Å². The maximum Gasteiger partial charge on any atom is 0.333 e. The van der Waals surface area contributed by atoms with Crippen LogP contribution in [0.4, 0.5) is 0 Å². The van der Waals surface area contributed by atoms with Gasteiger partial charge in [-0.25, -0.2) is 9.59 Å². The van der Waals surface area contributed by atoms with Gasteiger partial charge in [0.25, 0.3) is 0 Å². The van der Waals surface area contributed by atoms with Crippen molar-refractivity contribution in [1.29, 1.82) is 0 Å². The van der Waals surface area contributed by atoms with Crippen molar-refractivity contribution in [1.82, 2.24) is 0 Å². The lowest BCUT2D eigenvalue weighted by atomic mass is 10.2. The standard InChI is InChI=1S/C18H22O5/c1-14(2)18(20)23-13-5-4-12-22-16-9-6-15(7-10-16)8-11-17(19)21-3/h6-11H,1,4-5,12-13H2,2-3H3/b11-8+. The number of rotatable bonds is 9. The summed E-state index contributed by atoms with van der Waals surface area (Å²) in [5, 5.41) is 0. The molecule has 0 N–H and O–H groups in total. The summed E-state index contributed by atoms with van der Waals surface area (Å²) in [6.07, 6.45) is 4.56. The molecule has 5 nitrogen and oxygen atoms in total. The van der Waals surface area contributed by atoms with Crippen LogP contribution in [-0.4, -0.2) is 32.3 Å². The zero-order valence-corrected chi connectivity index (χ0v) is 13.5. The van der Waals surface area contributed by atoms with E-state index >= 15 is 0 Å². The predicted octanol–water partition coefficient (Wildman–Crippen LogP) is 3.15. The highest BCUT2D eigenvalue weighted by Crippen LogP contribution is 2.13. The first kappa shape index (κ1) is 18.5. The molecule has 5 heteroatoms. The van der Waals surface area contributed by atoms with E-state index in [1.165, 1.54) is 13.2 Å². The Kier molecular flexibility index (Phi) is 8.21. The second-order valence-electron chi connectivity index (χ2n) is 4.90. The van der Waals surface area contributed by atoms with Crippen LogP contribution in [0.5, 0.6) is 5.75 Å². The molecule has 0 fully saturated rings. The van der Waals surface area contributed by atoms with E-state index in [1.807, 2.05) is 24.3 Å². The fraction of sp³-hybridized carbons (Fsp3) is 0.333. The van der Waals surface area contributed by atoms with Crippen LogP contribution in [0.2, 0.25) is 0 Å². The third-order valence-electron chi connectivity index (χ3n) is 2.88. The summed E-state index contributed by atoms with van der Waals surface area (Å²) in [4.78, 5) is 22.1. The van der Waals surface area contributed by atoms with Crippen molar-refractivity contribution in [3.8, 4) is 5.75 Å². The number of carbonyl (C=O) groups excluding carboxylic acids is 2. The first-order chi connectivity index (χ1) is 11.0. The average molecular weight is 318 g/mol. The Morgan fingerprint density at radius 1 is 1.13 bits per heavy atom. The van der Waals surface area contributed by atoms with Crippen LogP contribution in [0, 0.1) is 0 Å². The van der Waals surface area contributed by atoms with E-state index in [1.54, 1.807) is 13.0 Å². The Bertz CT molecular complexity index is 557. The number of methoxy groups -OCH3 is 1. The number of ether oxygens (including phenoxy) is 3. The second-order valence-corrected chi connectivity index (χ2v) is 4.90. The number of hydrogen-bond donors (Lipinski definition) is 0. The molecule has 0 aliphatic heterocycles. The van der Waals surface area contributed by atoms with Gasteiger partial charge in [0.05, 0.1) is 20.3 Å². The van der Waals surface area contributed by atoms with Gasteiger partial charge in [-0.1, -0.05) is 18.7 Å². The molecule has 0 aliphatic carbocycles. The third kappa shape index (κ3) is 7.85. The Balaban J connectivity index is 2.23. The molecule has 1 rings (SSSR count). The van der Waals surface area contributed by atoms with Gasteiger partial charge in [-0.05, 0) is 43.5 Å². The van der Waals surface area contributed by atoms with E-state index < -0.39 is 5.97 Å². The van der Waals surface area contributed by atoms with E-state index in [9.17, 15) is 9.59 Å². The molecular formula is C18H22O5. The van der Waals surface area contributed by atoms with Crippen molar-refractivity contribution in [2.45, 2.75) is 19.8 Å². The highest BCUT2D eigenvalue weighted by molar-refractivity contribution is 5.87. The Morgan fingerprint density at radius 2 is 1.78 bits per heavy atom. The normalized spacial score (nSPS) is 10.3. The number of carbonyl (C=O) groups is 2. The maximum atomic E-state index is 11.2. The zero-order valence-electron chi connectivity index (χ0n) is 13.5. The number of benzene rings is 1. The molecule has 1 aromatic rings. The molecule has 0 atom stereocenters. The number of esters is 2. The molecule has 0 heterocycles. The monoisotopic (exact) mass is 318 g/mol. The van der Waals surface area contributed by atoms with Crippen LogP contribution in [-0.2, 0) is 19.1 Å². The SMILES string of the molecule is C=C(C)C(=O)OCCCCOc1ccc(/C=C/C(=O)OC)cc1. The van der Waals surface area contributed by atoms with Gasteiger partial charge in [-0.2, -0.15) is 0 Å². The minimum Gasteiger partial charge on any atom is -0.494 e. The second kappa shape index (κ2) is 10.2. The van der Waals surface area contributed by atoms with Crippen LogP contribution in [0.1, 0.15) is 25.3 Å². The quantitative estimate of drug-likeness (QED) is 0.398. The summed E-state index contributed by atoms with van der Waals surface area (Å²) in [6, 6.07) is 7.36. The summed E-state index contributed by atoms with van der Waals surface area (Å²) < 4.78 is 15.1. The molecule has 0 spiro atoms. The lowest BCUT2D eigenvalue weighted by Gasteiger charge is -2.07. The van der Waals surface area contributed by atoms with Gasteiger partial charge in [0.1, 0.15) is 5.75 Å². The van der Waals surface area contributed by atoms with E-state index in [-0.39, 0.29) is 5.97 Å². The van der Waals surface area contributed by atoms with Crippen LogP contribution >= 0.6 is 0 Å². The van der Waals surface area contributed by atoms with Gasteiger partial charge in [0.2, 0.25) is 0 Å². The minimum absolute atomic E-state index is 0.360. The van der Waals surface area contributed by atoms with Gasteiger partial charge in [-0.15, -0.1) is 0 Å². The lowest BCUT2D eigenvalue weighted by molar-refractivity contribution is -0.139. The minimum atomic E-state index is -0.391. The smallest absolute Gasteiger partial charge is 0.333 e. The van der Waals surface area contributed by atoms with Crippen LogP contribution in [0.25, 0.3) is 6.08 Å². The highest BCUT2D eigenvalue weighted by atomic mass is 16.5. The summed E-state index contributed by atoms with van der Waals surface area (Å²) >= 11 is 0. The fourth-order valence-corrected chi connectivity index (χ4v) is 1.59. The molecule has 0 saturated carbocycles. The van der Waals surface area contributed by atoms with Crippen molar-refractivity contribution < 1.29 is 23.8 Å². The van der Waals surface area contributed by atoms with Crippen LogP contribution < -0.4 is 4.74 Å². The molecular weight excluding hydrogens is 296 g/mol. The number of hydrogen-bond acceptors (Lipinski definition) is 5. The summed E-state index contributed by atoms with van der Waals surface area (Å²) in [5.74, 6) is -0.00154. The van der Waals surface area contributed by atoms with Crippen LogP contribution in [0.15, 0.2) is 42.5 Å². The first-order valence-corrected chi connectivity index (χ1v) is 7.34. The first-order valence-electron chi connectivity index (χ1n) is 7.34. The van der Waals surface area contributed by atoms with Crippen LogP contribution in [0.3, 0.4) is 0 Å². The Hall–Kier alpha value is -2.56. The molecule has 0 amide bonds. The van der Waals surface area contributed by atoms with Crippen molar-refractivity contribution in [2.24, 2.45) is 0 Å². The van der Waals surface area contributed by atoms with E-state index in [2.05, 4.69) is 11.3 Å². The van der Waals surface area contributed by atoms with Crippen molar-refractivity contribution in [3.63, 3.8) is 0 Å². The predicted molar refractivity (Wildman–Crippen MR) is 88.0 cm³/mol. The van der Waals surface area contributed by atoms with E-state index in [0.29, 0.717) is 18.8 Å². The zero-order chi connectivity index (χ0) is 17.1. The lowest BCUT2D eigenvalue weighted by Crippen LogP contribution is -2.07. The maximum absolute atomic E-state index is 11.2. The third-order valence-corrected chi connectivity index (χ3v) is 2.88. The highest BCUT2D eigenvalue weighted by Gasteiger charge is 2.02. The molecule has 0 aromatic heterocycles. The molecule has 0 unspecified atom stereocenters. The van der Waals surface area contributed by atoms with Gasteiger partial charge in [0, 0.05) is 11.6 Å². The van der Waals surface area contributed by atoms with E-state index in [4.69, 9.17) is 9.47 Å². The topological polar surface area (TPSA) is 61.8 Å². The average Bonchev–Trinajstić information content (AvgIpc) is 2.56.